The van der Waals surface area contributed by atoms with Gasteiger partial charge in [0, 0.05) is 19.4 Å². The monoisotopic (exact) mass is 293 g/mol. The maximum Gasteiger partial charge on any atom is 0.303 e. The number of aliphatic carboxylic acids is 1. The molecule has 1 amide bonds. The molecule has 0 saturated heterocycles. The summed E-state index contributed by atoms with van der Waals surface area (Å²) in [5.41, 5.74) is 0.943. The lowest BCUT2D eigenvalue weighted by atomic mass is 10.1. The lowest BCUT2D eigenvalue weighted by Crippen LogP contribution is -2.22. The molecule has 1 heterocycles. The average Bonchev–Trinajstić information content (AvgIpc) is 2.49. The molecular formula is C15H19NO5. The van der Waals surface area contributed by atoms with Gasteiger partial charge in [-0.25, -0.2) is 0 Å². The van der Waals surface area contributed by atoms with E-state index < -0.39 is 5.97 Å². The van der Waals surface area contributed by atoms with Crippen molar-refractivity contribution in [1.82, 2.24) is 5.32 Å². The van der Waals surface area contributed by atoms with Crippen LogP contribution in [0.3, 0.4) is 0 Å². The highest BCUT2D eigenvalue weighted by Crippen LogP contribution is 2.30. The Morgan fingerprint density at radius 2 is 1.81 bits per heavy atom. The second-order valence-electron chi connectivity index (χ2n) is 4.86. The number of fused-ring (bicyclic) bond motifs is 1. The van der Waals surface area contributed by atoms with E-state index in [9.17, 15) is 9.59 Å². The third-order valence-corrected chi connectivity index (χ3v) is 3.14. The van der Waals surface area contributed by atoms with Gasteiger partial charge in [-0.2, -0.15) is 0 Å². The number of hydrogen-bond acceptors (Lipinski definition) is 4. The van der Waals surface area contributed by atoms with Gasteiger partial charge in [0.05, 0.1) is 0 Å². The van der Waals surface area contributed by atoms with E-state index in [1.165, 1.54) is 0 Å². The molecule has 1 aromatic carbocycles. The maximum atomic E-state index is 11.6. The molecule has 0 bridgehead atoms. The van der Waals surface area contributed by atoms with E-state index in [1.54, 1.807) is 0 Å². The summed E-state index contributed by atoms with van der Waals surface area (Å²) in [6, 6.07) is 5.58. The van der Waals surface area contributed by atoms with Gasteiger partial charge < -0.3 is 19.9 Å². The van der Waals surface area contributed by atoms with Gasteiger partial charge in [0.2, 0.25) is 5.91 Å². The minimum Gasteiger partial charge on any atom is -0.486 e. The van der Waals surface area contributed by atoms with Gasteiger partial charge in [0.1, 0.15) is 13.2 Å². The Labute approximate surface area is 123 Å². The highest BCUT2D eigenvalue weighted by molar-refractivity contribution is 5.76. The van der Waals surface area contributed by atoms with E-state index in [0.717, 1.165) is 11.3 Å². The van der Waals surface area contributed by atoms with Crippen molar-refractivity contribution in [3.8, 4) is 11.5 Å². The molecule has 0 fully saturated rings. The lowest BCUT2D eigenvalue weighted by molar-refractivity contribution is -0.137. The minimum absolute atomic E-state index is 0.0738. The molecule has 21 heavy (non-hydrogen) atoms. The number of ether oxygens (including phenoxy) is 2. The third-order valence-electron chi connectivity index (χ3n) is 3.14. The van der Waals surface area contributed by atoms with Crippen molar-refractivity contribution in [1.29, 1.82) is 0 Å². The van der Waals surface area contributed by atoms with Gasteiger partial charge in [0.25, 0.3) is 0 Å². The molecule has 6 nitrogen and oxygen atoms in total. The average molecular weight is 293 g/mol. The van der Waals surface area contributed by atoms with Crippen LogP contribution in [0, 0.1) is 0 Å². The smallest absolute Gasteiger partial charge is 0.303 e. The second-order valence-corrected chi connectivity index (χ2v) is 4.86. The predicted molar refractivity (Wildman–Crippen MR) is 75.4 cm³/mol. The molecule has 1 aliphatic rings. The van der Waals surface area contributed by atoms with E-state index in [2.05, 4.69) is 5.32 Å². The summed E-state index contributed by atoms with van der Waals surface area (Å²) in [5.74, 6) is 0.529. The molecule has 6 heteroatoms. The normalized spacial score (nSPS) is 12.8. The summed E-state index contributed by atoms with van der Waals surface area (Å²) < 4.78 is 10.9. The second kappa shape index (κ2) is 7.52. The first-order chi connectivity index (χ1) is 10.1. The summed E-state index contributed by atoms with van der Waals surface area (Å²) >= 11 is 0. The van der Waals surface area contributed by atoms with E-state index in [1.807, 2.05) is 18.2 Å². The first-order valence-electron chi connectivity index (χ1n) is 7.02. The fourth-order valence-corrected chi connectivity index (χ4v) is 2.05. The fourth-order valence-electron chi connectivity index (χ4n) is 2.05. The number of nitrogens with one attached hydrogen (secondary N) is 1. The lowest BCUT2D eigenvalue weighted by Gasteiger charge is -2.19. The molecule has 114 valence electrons. The van der Waals surface area contributed by atoms with Gasteiger partial charge in [-0.05, 0) is 30.5 Å². The van der Waals surface area contributed by atoms with Crippen molar-refractivity contribution in [2.24, 2.45) is 0 Å². The summed E-state index contributed by atoms with van der Waals surface area (Å²) in [6.07, 6.45) is 1.55. The van der Waals surface area contributed by atoms with Crippen molar-refractivity contribution in [3.05, 3.63) is 23.8 Å². The van der Waals surface area contributed by atoms with E-state index in [4.69, 9.17) is 14.6 Å². The van der Waals surface area contributed by atoms with Crippen LogP contribution in [0.25, 0.3) is 0 Å². The molecule has 2 rings (SSSR count). The van der Waals surface area contributed by atoms with Crippen LogP contribution in [-0.4, -0.2) is 30.2 Å². The van der Waals surface area contributed by atoms with Crippen LogP contribution in [0.4, 0.5) is 0 Å². The zero-order valence-electron chi connectivity index (χ0n) is 11.8. The van der Waals surface area contributed by atoms with Gasteiger partial charge in [-0.1, -0.05) is 6.07 Å². The Morgan fingerprint density at radius 1 is 1.10 bits per heavy atom. The highest BCUT2D eigenvalue weighted by atomic mass is 16.6. The number of rotatable bonds is 7. The summed E-state index contributed by atoms with van der Waals surface area (Å²) in [7, 11) is 0. The van der Waals surface area contributed by atoms with E-state index in [0.29, 0.717) is 44.8 Å². The van der Waals surface area contributed by atoms with Crippen LogP contribution in [-0.2, 0) is 16.1 Å². The summed E-state index contributed by atoms with van der Waals surface area (Å²) in [4.78, 5) is 22.0. The van der Waals surface area contributed by atoms with Gasteiger partial charge >= 0.3 is 5.97 Å². The molecule has 0 spiro atoms. The molecule has 0 unspecified atom stereocenters. The molecular weight excluding hydrogens is 274 g/mol. The van der Waals surface area contributed by atoms with E-state index >= 15 is 0 Å². The largest absolute Gasteiger partial charge is 0.486 e. The topological polar surface area (TPSA) is 84.9 Å². The van der Waals surface area contributed by atoms with Crippen LogP contribution >= 0.6 is 0 Å². The Hall–Kier alpha value is -2.24. The molecule has 0 saturated carbocycles. The number of unbranched alkanes of at least 4 members (excludes halogenated alkanes) is 1. The Bertz CT molecular complexity index is 515. The Kier molecular flexibility index (Phi) is 5.43. The third kappa shape index (κ3) is 4.98. The van der Waals surface area contributed by atoms with Gasteiger partial charge in [0.15, 0.2) is 11.5 Å². The van der Waals surface area contributed by atoms with Gasteiger partial charge in [-0.15, -0.1) is 0 Å². The first kappa shape index (κ1) is 15.2. The molecule has 0 aromatic heterocycles. The van der Waals surface area contributed by atoms with Crippen molar-refractivity contribution < 1.29 is 24.2 Å². The zero-order chi connectivity index (χ0) is 15.1. The highest BCUT2D eigenvalue weighted by Gasteiger charge is 2.12. The van der Waals surface area contributed by atoms with E-state index in [-0.39, 0.29) is 12.3 Å². The molecule has 2 N–H and O–H groups in total. The van der Waals surface area contributed by atoms with Crippen LogP contribution in [0.15, 0.2) is 18.2 Å². The van der Waals surface area contributed by atoms with Crippen molar-refractivity contribution in [2.75, 3.05) is 13.2 Å². The molecule has 1 aliphatic heterocycles. The molecule has 1 aromatic rings. The van der Waals surface area contributed by atoms with Gasteiger partial charge in [-0.3, -0.25) is 9.59 Å². The quantitative estimate of drug-likeness (QED) is 0.748. The number of hydrogen-bond donors (Lipinski definition) is 2. The predicted octanol–water partition coefficient (Wildman–Crippen LogP) is 1.72. The van der Waals surface area contributed by atoms with Crippen LogP contribution in [0.2, 0.25) is 0 Å². The number of carboxylic acid groups (broad SMARTS) is 1. The maximum absolute atomic E-state index is 11.6. The fraction of sp³-hybridized carbons (Fsp3) is 0.467. The molecule has 0 aliphatic carbocycles. The Balaban J connectivity index is 1.72. The molecule has 0 atom stereocenters. The zero-order valence-corrected chi connectivity index (χ0v) is 11.8. The number of carboxylic acids is 1. The first-order valence-corrected chi connectivity index (χ1v) is 7.02. The minimum atomic E-state index is -0.827. The Morgan fingerprint density at radius 3 is 2.57 bits per heavy atom. The molecule has 0 radical (unpaired) electrons. The summed E-state index contributed by atoms with van der Waals surface area (Å²) in [6.45, 7) is 1.51. The summed E-state index contributed by atoms with van der Waals surface area (Å²) in [5, 5.41) is 11.3. The number of carbonyl (C=O) groups excluding carboxylic acids is 1. The standard InChI is InChI=1S/C15H19NO5/c17-14(3-1-2-4-15(18)19)16-10-11-5-6-12-13(9-11)21-8-7-20-12/h5-6,9H,1-4,7-8,10H2,(H,16,17)(H,18,19). The van der Waals surface area contributed by atoms with Crippen molar-refractivity contribution in [3.63, 3.8) is 0 Å². The SMILES string of the molecule is O=C(O)CCCCC(=O)NCc1ccc2c(c1)OCCO2. The van der Waals surface area contributed by atoms with Crippen molar-refractivity contribution >= 4 is 11.9 Å². The number of benzene rings is 1. The van der Waals surface area contributed by atoms with Crippen LogP contribution in [0.5, 0.6) is 11.5 Å². The van der Waals surface area contributed by atoms with Crippen LogP contribution < -0.4 is 14.8 Å². The van der Waals surface area contributed by atoms with Crippen LogP contribution in [0.1, 0.15) is 31.2 Å². The number of amides is 1. The van der Waals surface area contributed by atoms with Crippen molar-refractivity contribution in [2.45, 2.75) is 32.2 Å². The number of carbonyl (C=O) groups is 2.